The van der Waals surface area contributed by atoms with Crippen molar-refractivity contribution in [2.75, 3.05) is 0 Å². The van der Waals surface area contributed by atoms with Crippen molar-refractivity contribution in [1.29, 1.82) is 0 Å². The van der Waals surface area contributed by atoms with Gasteiger partial charge in [0, 0.05) is 5.92 Å². The number of ketones is 1. The summed E-state index contributed by atoms with van der Waals surface area (Å²) >= 11 is 0. The number of carbonyl (C=O) groups excluding carboxylic acids is 2. The third-order valence-corrected chi connectivity index (χ3v) is 4.01. The summed E-state index contributed by atoms with van der Waals surface area (Å²) in [6, 6.07) is -1.09. The molecule has 0 heterocycles. The fraction of sp³-hybridized carbons (Fsp3) is 0.600. The molecule has 0 spiro atoms. The normalized spacial score (nSPS) is 27.3. The second-order valence-corrected chi connectivity index (χ2v) is 6.24. The summed E-state index contributed by atoms with van der Waals surface area (Å²) in [5.41, 5.74) is -5.25. The number of alkyl halides is 3. The molecule has 5 nitrogen and oxygen atoms in total. The summed E-state index contributed by atoms with van der Waals surface area (Å²) in [6.45, 7) is 5.01. The molecule has 8 heteroatoms. The summed E-state index contributed by atoms with van der Waals surface area (Å²) in [6.07, 6.45) is -3.54. The molecule has 1 aliphatic rings. The highest BCUT2D eigenvalue weighted by Crippen LogP contribution is 2.42. The number of amides is 1. The zero-order chi connectivity index (χ0) is 18.2. The van der Waals surface area contributed by atoms with Crippen LogP contribution < -0.4 is 10.4 Å². The van der Waals surface area contributed by atoms with E-state index in [1.807, 2.05) is 5.32 Å². The van der Waals surface area contributed by atoms with Crippen LogP contribution >= 0.6 is 0 Å². The Morgan fingerprint density at radius 2 is 1.91 bits per heavy atom. The number of rotatable bonds is 4. The number of Topliss-reactive ketones (excluding diaryl/α,β-unsaturated/α-hetero) is 1. The van der Waals surface area contributed by atoms with Crippen LogP contribution in [0.25, 0.3) is 0 Å². The smallest absolute Gasteiger partial charge is 0.421 e. The number of hydrogen-bond acceptors (Lipinski definition) is 4. The van der Waals surface area contributed by atoms with Crippen molar-refractivity contribution in [3.8, 4) is 0 Å². The van der Waals surface area contributed by atoms with Crippen LogP contribution in [0.3, 0.4) is 0 Å². The van der Waals surface area contributed by atoms with Gasteiger partial charge in [0.25, 0.3) is 0 Å². The maximum absolute atomic E-state index is 13.0. The predicted molar refractivity (Wildman–Crippen MR) is 74.2 cm³/mol. The van der Waals surface area contributed by atoms with Gasteiger partial charge in [-0.25, -0.2) is 0 Å². The number of carboxylic acid groups (broad SMARTS) is 1. The summed E-state index contributed by atoms with van der Waals surface area (Å²) < 4.78 is 39.0. The topological polar surface area (TPSA) is 89.5 Å². The summed E-state index contributed by atoms with van der Waals surface area (Å²) in [5.74, 6) is -1.01. The molecule has 0 saturated carbocycles. The molecule has 0 aliphatic heterocycles. The average molecular weight is 334 g/mol. The third kappa shape index (κ3) is 3.57. The van der Waals surface area contributed by atoms with E-state index in [-0.39, 0.29) is 0 Å². The van der Waals surface area contributed by atoms with Crippen LogP contribution in [-0.2, 0) is 4.79 Å². The number of halogens is 3. The molecular weight excluding hydrogens is 315 g/mol. The second-order valence-electron chi connectivity index (χ2n) is 6.24. The van der Waals surface area contributed by atoms with Crippen molar-refractivity contribution in [3.05, 3.63) is 23.8 Å². The molecule has 2 N–H and O–H groups in total. The van der Waals surface area contributed by atoms with E-state index >= 15 is 0 Å². The van der Waals surface area contributed by atoms with Gasteiger partial charge in [0.1, 0.15) is 11.9 Å². The lowest BCUT2D eigenvalue weighted by Crippen LogP contribution is -2.55. The van der Waals surface area contributed by atoms with Gasteiger partial charge in [-0.3, -0.25) is 4.79 Å². The van der Waals surface area contributed by atoms with Crippen LogP contribution in [0.5, 0.6) is 0 Å². The molecule has 0 saturated heterocycles. The van der Waals surface area contributed by atoms with Gasteiger partial charge in [-0.05, 0) is 19.4 Å². The Labute approximate surface area is 131 Å². The van der Waals surface area contributed by atoms with Gasteiger partial charge in [-0.2, -0.15) is 13.2 Å². The van der Waals surface area contributed by atoms with Crippen LogP contribution in [0.2, 0.25) is 0 Å². The standard InChI is InChI=1S/C15H20F3NO4/c1-8(2)11(20)13(3)7-9(14(4,23)15(16,17)18)5-6-10(13)19-12(21)22/h5-8,10,19,23H,1-4H3,(H,21,22)/p-1. The van der Waals surface area contributed by atoms with Crippen molar-refractivity contribution >= 4 is 11.9 Å². The molecule has 0 radical (unpaired) electrons. The minimum absolute atomic E-state index is 0.462. The van der Waals surface area contributed by atoms with Gasteiger partial charge in [-0.15, -0.1) is 0 Å². The lowest BCUT2D eigenvalue weighted by atomic mass is 9.69. The highest BCUT2D eigenvalue weighted by Gasteiger charge is 2.54. The first-order valence-corrected chi connectivity index (χ1v) is 6.96. The van der Waals surface area contributed by atoms with Crippen LogP contribution in [-0.4, -0.2) is 34.8 Å². The molecule has 1 amide bonds. The van der Waals surface area contributed by atoms with E-state index in [1.165, 1.54) is 6.92 Å². The van der Waals surface area contributed by atoms with E-state index in [0.29, 0.717) is 6.92 Å². The predicted octanol–water partition coefficient (Wildman–Crippen LogP) is 1.33. The van der Waals surface area contributed by atoms with Gasteiger partial charge in [0.15, 0.2) is 5.60 Å². The molecule has 0 aromatic heterocycles. The highest BCUT2D eigenvalue weighted by atomic mass is 19.4. The number of carbonyl (C=O) groups is 2. The van der Waals surface area contributed by atoms with E-state index in [0.717, 1.165) is 18.2 Å². The monoisotopic (exact) mass is 334 g/mol. The minimum Gasteiger partial charge on any atom is -0.530 e. The molecule has 3 atom stereocenters. The molecule has 23 heavy (non-hydrogen) atoms. The number of aliphatic hydroxyl groups is 1. The quantitative estimate of drug-likeness (QED) is 0.812. The molecule has 0 bridgehead atoms. The van der Waals surface area contributed by atoms with Crippen molar-refractivity contribution in [2.45, 2.75) is 45.5 Å². The number of nitrogens with one attached hydrogen (secondary N) is 1. The first kappa shape index (κ1) is 19.2. The number of hydrogen-bond donors (Lipinski definition) is 2. The molecule has 3 unspecified atom stereocenters. The van der Waals surface area contributed by atoms with Crippen molar-refractivity contribution in [2.24, 2.45) is 11.3 Å². The zero-order valence-corrected chi connectivity index (χ0v) is 13.2. The average Bonchev–Trinajstić information content (AvgIpc) is 2.38. The van der Waals surface area contributed by atoms with Gasteiger partial charge in [-0.1, -0.05) is 32.1 Å². The van der Waals surface area contributed by atoms with Crippen LogP contribution in [0.1, 0.15) is 27.7 Å². The Morgan fingerprint density at radius 1 is 1.39 bits per heavy atom. The second kappa shape index (κ2) is 5.99. The maximum Gasteiger partial charge on any atom is 0.421 e. The molecule has 1 rings (SSSR count). The van der Waals surface area contributed by atoms with Crippen molar-refractivity contribution in [3.63, 3.8) is 0 Å². The summed E-state index contributed by atoms with van der Waals surface area (Å²) in [7, 11) is 0. The first-order valence-electron chi connectivity index (χ1n) is 6.96. The van der Waals surface area contributed by atoms with Crippen LogP contribution in [0.15, 0.2) is 23.8 Å². The zero-order valence-electron chi connectivity index (χ0n) is 13.2. The van der Waals surface area contributed by atoms with E-state index < -0.39 is 46.6 Å². The highest BCUT2D eigenvalue weighted by molar-refractivity contribution is 5.90. The Hall–Kier alpha value is -1.83. The Balaban J connectivity index is 3.40. The lowest BCUT2D eigenvalue weighted by molar-refractivity contribution is -0.251. The third-order valence-electron chi connectivity index (χ3n) is 4.01. The maximum atomic E-state index is 13.0. The Kier molecular flexibility index (Phi) is 5.01. The van der Waals surface area contributed by atoms with Gasteiger partial charge in [0.2, 0.25) is 0 Å². The van der Waals surface area contributed by atoms with Crippen LogP contribution in [0, 0.1) is 11.3 Å². The van der Waals surface area contributed by atoms with Gasteiger partial charge < -0.3 is 20.3 Å². The lowest BCUT2D eigenvalue weighted by Gasteiger charge is -2.40. The Bertz CT molecular complexity index is 564. The molecular formula is C15H19F3NO4-. The fourth-order valence-electron chi connectivity index (χ4n) is 2.50. The van der Waals surface area contributed by atoms with Gasteiger partial charge >= 0.3 is 6.18 Å². The Morgan fingerprint density at radius 3 is 2.30 bits per heavy atom. The van der Waals surface area contributed by atoms with Crippen LogP contribution in [0.4, 0.5) is 18.0 Å². The fourth-order valence-corrected chi connectivity index (χ4v) is 2.50. The summed E-state index contributed by atoms with van der Waals surface area (Å²) in [5, 5.41) is 22.6. The first-order chi connectivity index (χ1) is 10.2. The largest absolute Gasteiger partial charge is 0.530 e. The van der Waals surface area contributed by atoms with Crippen molar-refractivity contribution < 1.29 is 33.0 Å². The minimum atomic E-state index is -4.94. The molecule has 1 aliphatic carbocycles. The molecule has 130 valence electrons. The van der Waals surface area contributed by atoms with Crippen molar-refractivity contribution in [1.82, 2.24) is 5.32 Å². The van der Waals surface area contributed by atoms with Gasteiger partial charge in [0.05, 0.1) is 11.5 Å². The van der Waals surface area contributed by atoms with E-state index in [1.54, 1.807) is 13.8 Å². The van der Waals surface area contributed by atoms with E-state index in [9.17, 15) is 33.0 Å². The van der Waals surface area contributed by atoms with E-state index in [4.69, 9.17) is 0 Å². The molecule has 0 aromatic rings. The summed E-state index contributed by atoms with van der Waals surface area (Å²) in [4.78, 5) is 23.2. The molecule has 0 fully saturated rings. The van der Waals surface area contributed by atoms with E-state index in [2.05, 4.69) is 0 Å². The SMILES string of the molecule is CC(C)C(=O)C1(C)C=C(C(C)(O)C(F)(F)F)C=CC1NC(=O)[O-]. The molecule has 0 aromatic carbocycles.